The molecule has 5 nitrogen and oxygen atoms in total. The van der Waals surface area contributed by atoms with E-state index in [1.165, 1.54) is 6.26 Å². The van der Waals surface area contributed by atoms with E-state index in [1.807, 2.05) is 0 Å². The molecule has 1 fully saturated rings. The molecule has 0 radical (unpaired) electrons. The van der Waals surface area contributed by atoms with E-state index in [0.29, 0.717) is 36.2 Å². The van der Waals surface area contributed by atoms with Crippen molar-refractivity contribution in [2.45, 2.75) is 12.8 Å². The molecule has 1 aliphatic heterocycles. The van der Waals surface area contributed by atoms with Crippen molar-refractivity contribution < 1.29 is 19.1 Å². The van der Waals surface area contributed by atoms with Crippen LogP contribution < -0.4 is 0 Å². The Hall–Kier alpha value is -1.30. The second-order valence-electron chi connectivity index (χ2n) is 4.04. The number of halogens is 1. The van der Waals surface area contributed by atoms with Gasteiger partial charge in [-0.15, -0.1) is 0 Å². The van der Waals surface area contributed by atoms with Gasteiger partial charge in [0.25, 0.3) is 5.91 Å². The molecule has 1 N–H and O–H groups in total. The third kappa shape index (κ3) is 2.69. The monoisotopic (exact) mass is 301 g/mol. The number of aliphatic carboxylic acids is 1. The summed E-state index contributed by atoms with van der Waals surface area (Å²) in [7, 11) is 0. The zero-order chi connectivity index (χ0) is 12.4. The van der Waals surface area contributed by atoms with Crippen molar-refractivity contribution in [3.05, 3.63) is 22.6 Å². The number of hydrogen-bond donors (Lipinski definition) is 1. The van der Waals surface area contributed by atoms with Gasteiger partial charge in [0.05, 0.1) is 11.5 Å². The topological polar surface area (TPSA) is 70.8 Å². The standard InChI is InChI=1S/C11H12BrNO4/c12-9-5-8(6-17-9)10(14)13-3-1-7(2-4-13)11(15)16/h5-7H,1-4H2,(H,15,16). The molecule has 2 heterocycles. The lowest BCUT2D eigenvalue weighted by atomic mass is 9.97. The summed E-state index contributed by atoms with van der Waals surface area (Å²) < 4.78 is 5.53. The summed E-state index contributed by atoms with van der Waals surface area (Å²) in [4.78, 5) is 24.4. The highest BCUT2D eigenvalue weighted by atomic mass is 79.9. The molecule has 1 aromatic heterocycles. The number of furan rings is 1. The first-order valence-corrected chi connectivity index (χ1v) is 6.13. The molecule has 1 aromatic rings. The van der Waals surface area contributed by atoms with Gasteiger partial charge in [-0.2, -0.15) is 0 Å². The fourth-order valence-electron chi connectivity index (χ4n) is 1.93. The van der Waals surface area contributed by atoms with Gasteiger partial charge in [-0.1, -0.05) is 0 Å². The summed E-state index contributed by atoms with van der Waals surface area (Å²) in [6.07, 6.45) is 2.43. The van der Waals surface area contributed by atoms with Gasteiger partial charge in [0.1, 0.15) is 6.26 Å². The summed E-state index contributed by atoms with van der Waals surface area (Å²) >= 11 is 3.14. The van der Waals surface area contributed by atoms with Crippen LogP contribution in [-0.4, -0.2) is 35.0 Å². The fourth-order valence-corrected chi connectivity index (χ4v) is 2.27. The van der Waals surface area contributed by atoms with Crippen molar-refractivity contribution in [1.29, 1.82) is 0 Å². The molecule has 0 bridgehead atoms. The Morgan fingerprint density at radius 3 is 2.53 bits per heavy atom. The molecule has 1 saturated heterocycles. The average molecular weight is 302 g/mol. The molecule has 0 saturated carbocycles. The molecular weight excluding hydrogens is 290 g/mol. The number of nitrogens with zero attached hydrogens (tertiary/aromatic N) is 1. The van der Waals surface area contributed by atoms with Gasteiger partial charge in [-0.05, 0) is 28.8 Å². The van der Waals surface area contributed by atoms with Gasteiger partial charge in [0, 0.05) is 19.2 Å². The molecule has 6 heteroatoms. The van der Waals surface area contributed by atoms with E-state index in [-0.39, 0.29) is 11.8 Å². The number of amides is 1. The molecule has 92 valence electrons. The largest absolute Gasteiger partial charge is 0.481 e. The van der Waals surface area contributed by atoms with Crippen molar-refractivity contribution >= 4 is 27.8 Å². The Kier molecular flexibility index (Phi) is 3.51. The lowest BCUT2D eigenvalue weighted by molar-refractivity contribution is -0.143. The maximum absolute atomic E-state index is 12.0. The predicted molar refractivity (Wildman–Crippen MR) is 62.7 cm³/mol. The van der Waals surface area contributed by atoms with Crippen LogP contribution >= 0.6 is 15.9 Å². The Morgan fingerprint density at radius 1 is 1.41 bits per heavy atom. The van der Waals surface area contributed by atoms with Gasteiger partial charge < -0.3 is 14.4 Å². The van der Waals surface area contributed by atoms with Crippen LogP contribution in [0.15, 0.2) is 21.4 Å². The second kappa shape index (κ2) is 4.91. The number of carboxylic acid groups (broad SMARTS) is 1. The first kappa shape index (κ1) is 12.2. The number of carbonyl (C=O) groups is 2. The zero-order valence-electron chi connectivity index (χ0n) is 9.06. The van der Waals surface area contributed by atoms with E-state index < -0.39 is 5.97 Å². The number of rotatable bonds is 2. The highest BCUT2D eigenvalue weighted by Crippen LogP contribution is 2.21. The highest BCUT2D eigenvalue weighted by molar-refractivity contribution is 9.10. The summed E-state index contributed by atoms with van der Waals surface area (Å²) in [6, 6.07) is 1.62. The first-order chi connectivity index (χ1) is 8.08. The van der Waals surface area contributed by atoms with Crippen molar-refractivity contribution in [3.63, 3.8) is 0 Å². The first-order valence-electron chi connectivity index (χ1n) is 5.34. The molecule has 1 amide bonds. The maximum Gasteiger partial charge on any atom is 0.306 e. The summed E-state index contributed by atoms with van der Waals surface area (Å²) in [5.74, 6) is -1.21. The van der Waals surface area contributed by atoms with Crippen LogP contribution in [0.3, 0.4) is 0 Å². The normalized spacial score (nSPS) is 17.1. The van der Waals surface area contributed by atoms with Gasteiger partial charge in [0.15, 0.2) is 4.67 Å². The number of carboxylic acids is 1. The van der Waals surface area contributed by atoms with E-state index in [2.05, 4.69) is 15.9 Å². The molecule has 0 unspecified atom stereocenters. The molecule has 17 heavy (non-hydrogen) atoms. The molecule has 2 rings (SSSR count). The molecule has 0 aliphatic carbocycles. The molecule has 0 spiro atoms. The minimum atomic E-state index is -0.775. The van der Waals surface area contributed by atoms with Crippen LogP contribution in [0.5, 0.6) is 0 Å². The Balaban J connectivity index is 1.97. The minimum absolute atomic E-state index is 0.108. The Bertz CT molecular complexity index is 434. The number of piperidine rings is 1. The Labute approximate surface area is 107 Å². The quantitative estimate of drug-likeness (QED) is 0.907. The van der Waals surface area contributed by atoms with Crippen molar-refractivity contribution in [2.75, 3.05) is 13.1 Å². The summed E-state index contributed by atoms with van der Waals surface area (Å²) in [5.41, 5.74) is 0.491. The van der Waals surface area contributed by atoms with E-state index in [9.17, 15) is 9.59 Å². The summed E-state index contributed by atoms with van der Waals surface area (Å²) in [5, 5.41) is 8.86. The molecular formula is C11H12BrNO4. The van der Waals surface area contributed by atoms with Crippen LogP contribution in [0.2, 0.25) is 0 Å². The van der Waals surface area contributed by atoms with Gasteiger partial charge in [-0.3, -0.25) is 9.59 Å². The van der Waals surface area contributed by atoms with E-state index in [4.69, 9.17) is 9.52 Å². The van der Waals surface area contributed by atoms with Gasteiger partial charge >= 0.3 is 5.97 Å². The lowest BCUT2D eigenvalue weighted by Gasteiger charge is -2.29. The average Bonchev–Trinajstić information content (AvgIpc) is 2.75. The van der Waals surface area contributed by atoms with Crippen molar-refractivity contribution in [2.24, 2.45) is 5.92 Å². The van der Waals surface area contributed by atoms with Crippen LogP contribution in [0.25, 0.3) is 0 Å². The fraction of sp³-hybridized carbons (Fsp3) is 0.455. The van der Waals surface area contributed by atoms with Gasteiger partial charge in [0.2, 0.25) is 0 Å². The van der Waals surface area contributed by atoms with E-state index >= 15 is 0 Å². The zero-order valence-corrected chi connectivity index (χ0v) is 10.6. The summed E-state index contributed by atoms with van der Waals surface area (Å²) in [6.45, 7) is 0.969. The van der Waals surface area contributed by atoms with E-state index in [0.717, 1.165) is 0 Å². The van der Waals surface area contributed by atoms with Crippen LogP contribution in [0, 0.1) is 5.92 Å². The van der Waals surface area contributed by atoms with E-state index in [1.54, 1.807) is 11.0 Å². The Morgan fingerprint density at radius 2 is 2.06 bits per heavy atom. The smallest absolute Gasteiger partial charge is 0.306 e. The lowest BCUT2D eigenvalue weighted by Crippen LogP contribution is -2.40. The van der Waals surface area contributed by atoms with Crippen LogP contribution in [0.4, 0.5) is 0 Å². The van der Waals surface area contributed by atoms with Crippen LogP contribution in [0.1, 0.15) is 23.2 Å². The van der Waals surface area contributed by atoms with Crippen molar-refractivity contribution in [3.8, 4) is 0 Å². The highest BCUT2D eigenvalue weighted by Gasteiger charge is 2.27. The van der Waals surface area contributed by atoms with Gasteiger partial charge in [-0.25, -0.2) is 0 Å². The predicted octanol–water partition coefficient (Wildman–Crippen LogP) is 1.98. The minimum Gasteiger partial charge on any atom is -0.481 e. The molecule has 1 aliphatic rings. The third-order valence-electron chi connectivity index (χ3n) is 2.95. The number of likely N-dealkylation sites (tertiary alicyclic amines) is 1. The SMILES string of the molecule is O=C(O)C1CCN(C(=O)c2coc(Br)c2)CC1. The van der Waals surface area contributed by atoms with Crippen LogP contribution in [-0.2, 0) is 4.79 Å². The maximum atomic E-state index is 12.0. The third-order valence-corrected chi connectivity index (χ3v) is 3.36. The van der Waals surface area contributed by atoms with Crippen molar-refractivity contribution in [1.82, 2.24) is 4.90 Å². The second-order valence-corrected chi connectivity index (χ2v) is 4.83. The molecule has 0 atom stereocenters. The number of hydrogen-bond acceptors (Lipinski definition) is 3. The number of carbonyl (C=O) groups excluding carboxylic acids is 1. The molecule has 0 aromatic carbocycles.